The van der Waals surface area contributed by atoms with E-state index in [0.717, 1.165) is 18.8 Å². The predicted octanol–water partition coefficient (Wildman–Crippen LogP) is 3.07. The lowest BCUT2D eigenvalue weighted by molar-refractivity contribution is 0.452. The Kier molecular flexibility index (Phi) is 3.86. The van der Waals surface area contributed by atoms with Crippen LogP contribution >= 0.6 is 0 Å². The number of aromatic nitrogens is 2. The third kappa shape index (κ3) is 2.57. The minimum atomic E-state index is 0.700. The fraction of sp³-hybridized carbons (Fsp3) is 0.769. The fourth-order valence-electron chi connectivity index (χ4n) is 2.84. The molecule has 1 heterocycles. The summed E-state index contributed by atoms with van der Waals surface area (Å²) in [5, 5.41) is 7.25. The second-order valence-electron chi connectivity index (χ2n) is 4.98. The van der Waals surface area contributed by atoms with Crippen LogP contribution in [0, 0.1) is 5.92 Å². The van der Waals surface area contributed by atoms with Gasteiger partial charge in [-0.15, -0.1) is 0 Å². The van der Waals surface area contributed by atoms with E-state index in [1.165, 1.54) is 49.8 Å². The second-order valence-corrected chi connectivity index (χ2v) is 4.98. The van der Waals surface area contributed by atoms with Crippen molar-refractivity contribution >= 4 is 5.82 Å². The average Bonchev–Trinajstić information content (AvgIpc) is 2.51. The van der Waals surface area contributed by atoms with Crippen LogP contribution in [0.1, 0.15) is 56.7 Å². The highest BCUT2D eigenvalue weighted by atomic mass is 15.2. The van der Waals surface area contributed by atoms with Crippen LogP contribution in [-0.2, 0) is 12.8 Å². The van der Waals surface area contributed by atoms with Gasteiger partial charge < -0.3 is 5.73 Å². The fourth-order valence-corrected chi connectivity index (χ4v) is 2.84. The van der Waals surface area contributed by atoms with Gasteiger partial charge in [-0.25, -0.2) is 0 Å². The first kappa shape index (κ1) is 11.5. The lowest BCUT2D eigenvalue weighted by Gasteiger charge is -2.13. The molecule has 1 saturated carbocycles. The van der Waals surface area contributed by atoms with Gasteiger partial charge in [-0.1, -0.05) is 45.4 Å². The first-order valence-electron chi connectivity index (χ1n) is 6.62. The van der Waals surface area contributed by atoms with E-state index in [-0.39, 0.29) is 0 Å². The second kappa shape index (κ2) is 5.37. The van der Waals surface area contributed by atoms with Crippen LogP contribution in [0.25, 0.3) is 0 Å². The average molecular weight is 221 g/mol. The van der Waals surface area contributed by atoms with Gasteiger partial charge >= 0.3 is 0 Å². The molecule has 0 atom stereocenters. The van der Waals surface area contributed by atoms with Crippen molar-refractivity contribution in [2.45, 2.75) is 58.3 Å². The lowest BCUT2D eigenvalue weighted by Crippen LogP contribution is -2.05. The third-order valence-electron chi connectivity index (χ3n) is 3.81. The Labute approximate surface area is 97.8 Å². The van der Waals surface area contributed by atoms with Crippen molar-refractivity contribution in [1.82, 2.24) is 10.2 Å². The van der Waals surface area contributed by atoms with Gasteiger partial charge in [-0.3, -0.25) is 5.10 Å². The molecule has 0 saturated heterocycles. The highest BCUT2D eigenvalue weighted by Gasteiger charge is 2.16. The summed E-state index contributed by atoms with van der Waals surface area (Å²) in [5.74, 6) is 1.54. The zero-order valence-corrected chi connectivity index (χ0v) is 10.3. The zero-order valence-electron chi connectivity index (χ0n) is 10.3. The summed E-state index contributed by atoms with van der Waals surface area (Å²) in [5.41, 5.74) is 8.37. The van der Waals surface area contributed by atoms with Crippen LogP contribution in [0.4, 0.5) is 5.82 Å². The van der Waals surface area contributed by atoms with Crippen LogP contribution in [-0.4, -0.2) is 10.2 Å². The molecule has 16 heavy (non-hydrogen) atoms. The van der Waals surface area contributed by atoms with E-state index >= 15 is 0 Å². The number of hydrogen-bond acceptors (Lipinski definition) is 2. The molecule has 3 heteroatoms. The van der Waals surface area contributed by atoms with E-state index in [1.807, 2.05) is 0 Å². The van der Waals surface area contributed by atoms with Crippen molar-refractivity contribution in [1.29, 1.82) is 0 Å². The van der Waals surface area contributed by atoms with E-state index in [0.29, 0.717) is 5.82 Å². The first-order valence-corrected chi connectivity index (χ1v) is 6.62. The van der Waals surface area contributed by atoms with Crippen LogP contribution in [0.15, 0.2) is 0 Å². The number of nitrogens with one attached hydrogen (secondary N) is 1. The quantitative estimate of drug-likeness (QED) is 0.771. The van der Waals surface area contributed by atoms with Gasteiger partial charge in [0.2, 0.25) is 0 Å². The number of nitrogen functional groups attached to an aromatic ring is 1. The van der Waals surface area contributed by atoms with Crippen LogP contribution in [0.3, 0.4) is 0 Å². The lowest BCUT2D eigenvalue weighted by atomic mass is 9.93. The number of anilines is 1. The Morgan fingerprint density at radius 2 is 1.94 bits per heavy atom. The largest absolute Gasteiger partial charge is 0.382 e. The maximum atomic E-state index is 5.85. The van der Waals surface area contributed by atoms with Crippen LogP contribution in [0.5, 0.6) is 0 Å². The number of rotatable bonds is 3. The molecular weight excluding hydrogens is 198 g/mol. The smallest absolute Gasteiger partial charge is 0.148 e. The number of H-pyrrole nitrogens is 1. The molecule has 0 unspecified atom stereocenters. The molecule has 1 fully saturated rings. The third-order valence-corrected chi connectivity index (χ3v) is 3.81. The summed E-state index contributed by atoms with van der Waals surface area (Å²) >= 11 is 0. The van der Waals surface area contributed by atoms with Gasteiger partial charge in [0.05, 0.1) is 0 Å². The summed E-state index contributed by atoms with van der Waals surface area (Å²) < 4.78 is 0. The normalized spacial score (nSPS) is 18.6. The Hall–Kier alpha value is -0.990. The van der Waals surface area contributed by atoms with Crippen molar-refractivity contribution in [3.8, 4) is 0 Å². The first-order chi connectivity index (χ1) is 7.81. The molecule has 3 nitrogen and oxygen atoms in total. The van der Waals surface area contributed by atoms with Crippen LogP contribution in [0.2, 0.25) is 0 Å². The van der Waals surface area contributed by atoms with E-state index in [4.69, 9.17) is 5.73 Å². The number of aromatic amines is 1. The molecule has 0 bridgehead atoms. The van der Waals surface area contributed by atoms with Crippen molar-refractivity contribution in [3.05, 3.63) is 11.3 Å². The Morgan fingerprint density at radius 1 is 1.25 bits per heavy atom. The van der Waals surface area contributed by atoms with Gasteiger partial charge in [0.25, 0.3) is 0 Å². The summed E-state index contributed by atoms with van der Waals surface area (Å²) in [4.78, 5) is 0. The van der Waals surface area contributed by atoms with Gasteiger partial charge in [-0.2, -0.15) is 5.10 Å². The summed E-state index contributed by atoms with van der Waals surface area (Å²) in [6.07, 6.45) is 10.5. The van der Waals surface area contributed by atoms with Gasteiger partial charge in [0.1, 0.15) is 5.82 Å². The van der Waals surface area contributed by atoms with E-state index in [1.54, 1.807) is 0 Å². The van der Waals surface area contributed by atoms with Gasteiger partial charge in [0, 0.05) is 11.3 Å². The minimum Gasteiger partial charge on any atom is -0.382 e. The van der Waals surface area contributed by atoms with Gasteiger partial charge in [-0.05, 0) is 18.8 Å². The molecule has 1 aliphatic rings. The van der Waals surface area contributed by atoms with E-state index < -0.39 is 0 Å². The molecule has 3 N–H and O–H groups in total. The van der Waals surface area contributed by atoms with Crippen molar-refractivity contribution in [3.63, 3.8) is 0 Å². The molecule has 90 valence electrons. The molecule has 0 aliphatic heterocycles. The van der Waals surface area contributed by atoms with Crippen molar-refractivity contribution in [2.24, 2.45) is 5.92 Å². The molecule has 1 aliphatic carbocycles. The summed E-state index contributed by atoms with van der Waals surface area (Å²) in [6, 6.07) is 0. The molecule has 0 radical (unpaired) electrons. The number of nitrogens with zero attached hydrogens (tertiary/aromatic N) is 1. The van der Waals surface area contributed by atoms with Gasteiger partial charge in [0.15, 0.2) is 0 Å². The van der Waals surface area contributed by atoms with Crippen molar-refractivity contribution < 1.29 is 0 Å². The molecular formula is C13H23N3. The monoisotopic (exact) mass is 221 g/mol. The Bertz CT molecular complexity index is 322. The highest BCUT2D eigenvalue weighted by Crippen LogP contribution is 2.27. The number of nitrogens with two attached hydrogens (primary N) is 1. The van der Waals surface area contributed by atoms with E-state index in [9.17, 15) is 0 Å². The van der Waals surface area contributed by atoms with E-state index in [2.05, 4.69) is 17.1 Å². The topological polar surface area (TPSA) is 54.7 Å². The maximum Gasteiger partial charge on any atom is 0.148 e. The summed E-state index contributed by atoms with van der Waals surface area (Å²) in [7, 11) is 0. The molecule has 0 aromatic carbocycles. The standard InChI is InChI=1S/C13H23N3/c1-2-11-12(15-16-13(11)14)9-10-7-5-3-4-6-8-10/h10H,2-9H2,1H3,(H3,14,15,16). The summed E-state index contributed by atoms with van der Waals surface area (Å²) in [6.45, 7) is 2.15. The zero-order chi connectivity index (χ0) is 11.4. The molecule has 0 amide bonds. The van der Waals surface area contributed by atoms with Crippen LogP contribution < -0.4 is 5.73 Å². The highest BCUT2D eigenvalue weighted by molar-refractivity contribution is 5.42. The molecule has 1 aromatic heterocycles. The SMILES string of the molecule is CCc1c(N)n[nH]c1CC1CCCCCC1. The number of hydrogen-bond donors (Lipinski definition) is 2. The minimum absolute atomic E-state index is 0.700. The predicted molar refractivity (Wildman–Crippen MR) is 67.3 cm³/mol. The molecule has 2 rings (SSSR count). The maximum absolute atomic E-state index is 5.85. The molecule has 1 aromatic rings. The Balaban J connectivity index is 2.01. The molecule has 0 spiro atoms. The van der Waals surface area contributed by atoms with Crippen molar-refractivity contribution in [2.75, 3.05) is 5.73 Å². The Morgan fingerprint density at radius 3 is 2.56 bits per heavy atom.